The topological polar surface area (TPSA) is 59.5 Å². The van der Waals surface area contributed by atoms with E-state index in [0.717, 1.165) is 25.8 Å². The first-order valence-corrected chi connectivity index (χ1v) is 10.9. The van der Waals surface area contributed by atoms with Gasteiger partial charge in [0, 0.05) is 9.92 Å². The number of amides is 1. The predicted molar refractivity (Wildman–Crippen MR) is 113 cm³/mol. The number of carbonyl (C=O) groups excluding carboxylic acids is 2. The van der Waals surface area contributed by atoms with Crippen molar-refractivity contribution in [2.75, 3.05) is 11.5 Å². The molecule has 0 bridgehead atoms. The predicted octanol–water partition coefficient (Wildman–Crippen LogP) is 4.91. The largest absolute Gasteiger partial charge is 0.466 e. The maximum Gasteiger partial charge on any atom is 0.307 e. The highest BCUT2D eigenvalue weighted by atomic mass is 35.5. The van der Waals surface area contributed by atoms with Gasteiger partial charge in [0.25, 0.3) is 0 Å². The van der Waals surface area contributed by atoms with E-state index in [9.17, 15) is 9.59 Å². The number of halogens is 1. The second-order valence-corrected chi connectivity index (χ2v) is 9.02. The lowest BCUT2D eigenvalue weighted by atomic mass is 10.2. The Hall–Kier alpha value is -2.09. The lowest BCUT2D eigenvalue weighted by molar-refractivity contribution is -0.144. The molecule has 1 aromatic heterocycles. The Labute approximate surface area is 175 Å². The molecule has 0 spiro atoms. The number of fused-ring (bicyclic) bond motifs is 2. The maximum atomic E-state index is 13.2. The Kier molecular flexibility index (Phi) is 5.57. The van der Waals surface area contributed by atoms with E-state index in [-0.39, 0.29) is 18.3 Å². The standard InChI is InChI=1S/C20H17ClN2O3S2/c1-2-26-19(24)10-17-20(25)23(14-5-3-4-6-16(14)27-17)11-18-22-13-9-12(21)7-8-15(13)28-18/h3-9,17H,2,10-11H2,1H3. The van der Waals surface area contributed by atoms with Gasteiger partial charge in [0.15, 0.2) is 0 Å². The molecule has 1 aliphatic rings. The molecule has 28 heavy (non-hydrogen) atoms. The number of ether oxygens (including phenoxy) is 1. The highest BCUT2D eigenvalue weighted by Gasteiger charge is 2.35. The van der Waals surface area contributed by atoms with Crippen molar-refractivity contribution in [2.24, 2.45) is 0 Å². The minimum atomic E-state index is -0.502. The summed E-state index contributed by atoms with van der Waals surface area (Å²) in [6.45, 7) is 2.42. The first-order valence-electron chi connectivity index (χ1n) is 8.83. The van der Waals surface area contributed by atoms with Crippen LogP contribution in [0.4, 0.5) is 5.69 Å². The van der Waals surface area contributed by atoms with E-state index >= 15 is 0 Å². The second kappa shape index (κ2) is 8.11. The third-order valence-corrected chi connectivity index (χ3v) is 6.82. The third kappa shape index (κ3) is 3.87. The summed E-state index contributed by atoms with van der Waals surface area (Å²) in [7, 11) is 0. The molecule has 1 unspecified atom stereocenters. The Morgan fingerprint density at radius 3 is 2.93 bits per heavy atom. The molecule has 8 heteroatoms. The average Bonchev–Trinajstić information content (AvgIpc) is 3.07. The van der Waals surface area contributed by atoms with Gasteiger partial charge in [0.1, 0.15) is 5.01 Å². The van der Waals surface area contributed by atoms with Crippen LogP contribution in [-0.2, 0) is 20.9 Å². The van der Waals surface area contributed by atoms with Crippen LogP contribution in [0.25, 0.3) is 10.2 Å². The fraction of sp³-hybridized carbons (Fsp3) is 0.250. The monoisotopic (exact) mass is 432 g/mol. The molecule has 5 nitrogen and oxygen atoms in total. The Morgan fingerprint density at radius 1 is 1.29 bits per heavy atom. The van der Waals surface area contributed by atoms with Crippen LogP contribution in [0.1, 0.15) is 18.4 Å². The van der Waals surface area contributed by atoms with E-state index in [1.165, 1.54) is 23.1 Å². The van der Waals surface area contributed by atoms with Crippen molar-refractivity contribution >= 4 is 62.5 Å². The highest BCUT2D eigenvalue weighted by Crippen LogP contribution is 2.41. The molecular formula is C20H17ClN2O3S2. The summed E-state index contributed by atoms with van der Waals surface area (Å²) in [5.41, 5.74) is 1.66. The van der Waals surface area contributed by atoms with E-state index in [1.807, 2.05) is 42.5 Å². The van der Waals surface area contributed by atoms with Gasteiger partial charge in [-0.3, -0.25) is 9.59 Å². The van der Waals surface area contributed by atoms with Crippen LogP contribution in [0, 0.1) is 0 Å². The first-order chi connectivity index (χ1) is 13.5. The lowest BCUT2D eigenvalue weighted by Crippen LogP contribution is -2.41. The van der Waals surface area contributed by atoms with Crippen molar-refractivity contribution in [1.82, 2.24) is 4.98 Å². The van der Waals surface area contributed by atoms with Gasteiger partial charge < -0.3 is 9.64 Å². The summed E-state index contributed by atoms with van der Waals surface area (Å²) >= 11 is 9.01. The molecule has 0 N–H and O–H groups in total. The van der Waals surface area contributed by atoms with Crippen molar-refractivity contribution in [3.8, 4) is 0 Å². The number of anilines is 1. The van der Waals surface area contributed by atoms with E-state index in [2.05, 4.69) is 4.98 Å². The molecule has 144 valence electrons. The molecule has 0 saturated heterocycles. The van der Waals surface area contributed by atoms with Crippen LogP contribution < -0.4 is 4.90 Å². The molecule has 4 rings (SSSR count). The Balaban J connectivity index is 1.64. The van der Waals surface area contributed by atoms with Crippen LogP contribution >= 0.6 is 34.7 Å². The number of rotatable bonds is 5. The summed E-state index contributed by atoms with van der Waals surface area (Å²) in [5.74, 6) is -0.462. The summed E-state index contributed by atoms with van der Waals surface area (Å²) in [6.07, 6.45) is 0.0532. The number of benzene rings is 2. The quantitative estimate of drug-likeness (QED) is 0.536. The lowest BCUT2D eigenvalue weighted by Gasteiger charge is -2.32. The molecule has 2 aromatic carbocycles. The molecule has 1 aliphatic heterocycles. The highest BCUT2D eigenvalue weighted by molar-refractivity contribution is 8.01. The van der Waals surface area contributed by atoms with Crippen LogP contribution in [0.15, 0.2) is 47.4 Å². The van der Waals surface area contributed by atoms with Crippen LogP contribution in [0.5, 0.6) is 0 Å². The Bertz CT molecular complexity index is 1050. The zero-order valence-corrected chi connectivity index (χ0v) is 17.4. The first kappa shape index (κ1) is 19.2. The molecule has 0 radical (unpaired) electrons. The molecule has 0 saturated carbocycles. The number of thiazole rings is 1. The third-order valence-electron chi connectivity index (χ3n) is 4.31. The van der Waals surface area contributed by atoms with E-state index in [4.69, 9.17) is 16.3 Å². The van der Waals surface area contributed by atoms with Crippen molar-refractivity contribution in [2.45, 2.75) is 30.0 Å². The Morgan fingerprint density at radius 2 is 2.11 bits per heavy atom. The van der Waals surface area contributed by atoms with Gasteiger partial charge in [-0.25, -0.2) is 4.98 Å². The molecule has 1 atom stereocenters. The van der Waals surface area contributed by atoms with E-state index < -0.39 is 5.25 Å². The van der Waals surface area contributed by atoms with E-state index in [1.54, 1.807) is 11.8 Å². The minimum absolute atomic E-state index is 0.0532. The van der Waals surface area contributed by atoms with E-state index in [0.29, 0.717) is 18.2 Å². The van der Waals surface area contributed by atoms with Gasteiger partial charge in [0.2, 0.25) is 5.91 Å². The fourth-order valence-electron chi connectivity index (χ4n) is 3.09. The van der Waals surface area contributed by atoms with Crippen LogP contribution in [0.3, 0.4) is 0 Å². The van der Waals surface area contributed by atoms with Gasteiger partial charge in [-0.2, -0.15) is 0 Å². The number of thioether (sulfide) groups is 1. The van der Waals surface area contributed by atoms with Gasteiger partial charge in [0.05, 0.1) is 40.7 Å². The van der Waals surface area contributed by atoms with Gasteiger partial charge in [-0.15, -0.1) is 23.1 Å². The van der Waals surface area contributed by atoms with Crippen molar-refractivity contribution in [1.29, 1.82) is 0 Å². The minimum Gasteiger partial charge on any atom is -0.466 e. The average molecular weight is 433 g/mol. The smallest absolute Gasteiger partial charge is 0.307 e. The van der Waals surface area contributed by atoms with Gasteiger partial charge >= 0.3 is 5.97 Å². The summed E-state index contributed by atoms with van der Waals surface area (Å²) < 4.78 is 6.06. The SMILES string of the molecule is CCOC(=O)CC1Sc2ccccc2N(Cc2nc3cc(Cl)ccc3s2)C1=O. The summed E-state index contributed by atoms with van der Waals surface area (Å²) in [6, 6.07) is 13.3. The molecule has 0 aliphatic carbocycles. The summed E-state index contributed by atoms with van der Waals surface area (Å²) in [5, 5.41) is 0.953. The molecule has 2 heterocycles. The fourth-order valence-corrected chi connectivity index (χ4v) is 5.40. The zero-order valence-electron chi connectivity index (χ0n) is 15.1. The molecule has 1 amide bonds. The molecule has 3 aromatic rings. The number of hydrogen-bond donors (Lipinski definition) is 0. The summed E-state index contributed by atoms with van der Waals surface area (Å²) in [4.78, 5) is 32.4. The number of esters is 1. The molecular weight excluding hydrogens is 416 g/mol. The maximum absolute atomic E-state index is 13.2. The number of aromatic nitrogens is 1. The molecule has 0 fully saturated rings. The normalized spacial score (nSPS) is 16.3. The zero-order chi connectivity index (χ0) is 19.7. The van der Waals surface area contributed by atoms with Crippen molar-refractivity contribution in [3.63, 3.8) is 0 Å². The number of para-hydroxylation sites is 1. The van der Waals surface area contributed by atoms with Crippen LogP contribution in [-0.4, -0.2) is 28.7 Å². The van der Waals surface area contributed by atoms with Crippen molar-refractivity contribution in [3.05, 3.63) is 52.5 Å². The van der Waals surface area contributed by atoms with Crippen LogP contribution in [0.2, 0.25) is 5.02 Å². The number of nitrogens with zero attached hydrogens (tertiary/aromatic N) is 2. The number of carbonyl (C=O) groups is 2. The number of hydrogen-bond acceptors (Lipinski definition) is 6. The van der Waals surface area contributed by atoms with Crippen molar-refractivity contribution < 1.29 is 14.3 Å². The van der Waals surface area contributed by atoms with Gasteiger partial charge in [-0.05, 0) is 37.3 Å². The second-order valence-electron chi connectivity index (χ2n) is 6.23. The van der Waals surface area contributed by atoms with Gasteiger partial charge in [-0.1, -0.05) is 23.7 Å².